The lowest BCUT2D eigenvalue weighted by atomic mass is 9.90. The Bertz CT molecular complexity index is 1110. The topological polar surface area (TPSA) is 134 Å². The summed E-state index contributed by atoms with van der Waals surface area (Å²) in [5.74, 6) is 1.52. The number of rotatable bonds is 7. The van der Waals surface area contributed by atoms with Crippen molar-refractivity contribution in [1.82, 2.24) is 19.9 Å². The molecular formula is C22H29ClN8OS. The lowest BCUT2D eigenvalue weighted by Crippen LogP contribution is -2.41. The monoisotopic (exact) mass is 488 g/mol. The number of hydrogen-bond acceptors (Lipinski definition) is 6. The number of nitrogens with one attached hydrogen (secondary N) is 2. The predicted octanol–water partition coefficient (Wildman–Crippen LogP) is 3.25. The van der Waals surface area contributed by atoms with Gasteiger partial charge in [0.25, 0.3) is 5.91 Å². The number of pyridine rings is 1. The van der Waals surface area contributed by atoms with Crippen LogP contribution < -0.4 is 11.1 Å². The van der Waals surface area contributed by atoms with E-state index in [0.717, 1.165) is 55.3 Å². The molecule has 0 aromatic carbocycles. The van der Waals surface area contributed by atoms with Crippen molar-refractivity contribution < 1.29 is 4.79 Å². The van der Waals surface area contributed by atoms with Crippen LogP contribution in [0.5, 0.6) is 0 Å². The average Bonchev–Trinajstić information content (AvgIpc) is 3.36. The van der Waals surface area contributed by atoms with Crippen molar-refractivity contribution in [2.75, 3.05) is 6.54 Å². The van der Waals surface area contributed by atoms with Crippen LogP contribution in [0, 0.1) is 11.3 Å². The van der Waals surface area contributed by atoms with Crippen molar-refractivity contribution in [2.24, 2.45) is 21.6 Å². The molecule has 33 heavy (non-hydrogen) atoms. The molecule has 9 nitrogen and oxygen atoms in total. The summed E-state index contributed by atoms with van der Waals surface area (Å²) < 4.78 is 2.14. The predicted molar refractivity (Wildman–Crippen MR) is 135 cm³/mol. The highest BCUT2D eigenvalue weighted by molar-refractivity contribution is 8.17. The van der Waals surface area contributed by atoms with Gasteiger partial charge in [-0.2, -0.15) is 0 Å². The first-order valence-electron chi connectivity index (χ1n) is 11.2. The number of fused-ring (bicyclic) bond motifs is 1. The van der Waals surface area contributed by atoms with E-state index in [-0.39, 0.29) is 28.5 Å². The highest BCUT2D eigenvalue weighted by atomic mass is 35.5. The first kappa shape index (κ1) is 23.7. The van der Waals surface area contributed by atoms with Crippen LogP contribution in [0.15, 0.2) is 22.2 Å². The minimum absolute atomic E-state index is 0.0594. The van der Waals surface area contributed by atoms with Crippen LogP contribution in [0.1, 0.15) is 57.1 Å². The number of alkyl halides is 1. The van der Waals surface area contributed by atoms with Gasteiger partial charge in [-0.05, 0) is 37.7 Å². The average molecular weight is 489 g/mol. The maximum atomic E-state index is 12.7. The normalized spacial score (nSPS) is 23.7. The number of aromatic nitrogens is 3. The number of carbonyl (C=O) groups excluding carboxylic acids is 1. The molecule has 1 aliphatic heterocycles. The third kappa shape index (κ3) is 5.38. The Morgan fingerprint density at radius 3 is 3.00 bits per heavy atom. The number of aliphatic imine (C=N–C) groups is 2. The molecule has 0 spiro atoms. The maximum absolute atomic E-state index is 12.7. The number of nitrogens with zero attached hydrogens (tertiary/aromatic N) is 5. The molecule has 1 fully saturated rings. The highest BCUT2D eigenvalue weighted by Gasteiger charge is 2.30. The smallest absolute Gasteiger partial charge is 0.276 e. The molecule has 2 aromatic heterocycles. The third-order valence-electron chi connectivity index (χ3n) is 5.86. The van der Waals surface area contributed by atoms with Crippen LogP contribution >= 0.6 is 23.4 Å². The molecule has 0 bridgehead atoms. The Morgan fingerprint density at radius 2 is 2.30 bits per heavy atom. The van der Waals surface area contributed by atoms with Gasteiger partial charge in [0.15, 0.2) is 10.9 Å². The molecule has 2 aromatic rings. The second kappa shape index (κ2) is 10.2. The third-order valence-corrected chi connectivity index (χ3v) is 7.21. The number of amidine groups is 1. The van der Waals surface area contributed by atoms with Crippen LogP contribution in [0.4, 0.5) is 0 Å². The van der Waals surface area contributed by atoms with Gasteiger partial charge >= 0.3 is 0 Å². The van der Waals surface area contributed by atoms with Crippen molar-refractivity contribution >= 4 is 57.5 Å². The SMILES string of the molecule is CC(C)Cc1nc2cnc(C(N)=NC=N)cc2n1C1CCCC(NC(=O)C2=NCC(Cl)S2)C1. The van der Waals surface area contributed by atoms with Crippen molar-refractivity contribution in [3.05, 3.63) is 23.8 Å². The summed E-state index contributed by atoms with van der Waals surface area (Å²) >= 11 is 7.40. The van der Waals surface area contributed by atoms with Gasteiger partial charge in [-0.25, -0.2) is 9.98 Å². The fourth-order valence-corrected chi connectivity index (χ4v) is 5.52. The second-order valence-corrected chi connectivity index (χ2v) is 10.8. The van der Waals surface area contributed by atoms with Crippen LogP contribution in [0.2, 0.25) is 0 Å². The summed E-state index contributed by atoms with van der Waals surface area (Å²) in [7, 11) is 0. The largest absolute Gasteiger partial charge is 0.382 e. The van der Waals surface area contributed by atoms with Gasteiger partial charge < -0.3 is 15.6 Å². The van der Waals surface area contributed by atoms with E-state index < -0.39 is 0 Å². The molecule has 4 rings (SSSR count). The quantitative estimate of drug-likeness (QED) is 0.312. The molecule has 176 valence electrons. The van der Waals surface area contributed by atoms with Crippen molar-refractivity contribution in [3.63, 3.8) is 0 Å². The number of carbonyl (C=O) groups is 1. The summed E-state index contributed by atoms with van der Waals surface area (Å²) in [6.45, 7) is 4.83. The van der Waals surface area contributed by atoms with E-state index in [0.29, 0.717) is 23.2 Å². The van der Waals surface area contributed by atoms with Crippen molar-refractivity contribution in [2.45, 2.75) is 62.7 Å². The summed E-state index contributed by atoms with van der Waals surface area (Å²) in [4.78, 5) is 30.1. The Balaban J connectivity index is 1.63. The van der Waals surface area contributed by atoms with E-state index >= 15 is 0 Å². The van der Waals surface area contributed by atoms with E-state index in [2.05, 4.69) is 38.7 Å². The first-order valence-corrected chi connectivity index (χ1v) is 12.5. The van der Waals surface area contributed by atoms with Crippen LogP contribution in [0.3, 0.4) is 0 Å². The number of thioether (sulfide) groups is 1. The molecule has 1 aliphatic carbocycles. The van der Waals surface area contributed by atoms with Gasteiger partial charge in [-0.15, -0.1) is 11.6 Å². The summed E-state index contributed by atoms with van der Waals surface area (Å²) in [6, 6.07) is 2.16. The van der Waals surface area contributed by atoms with Crippen LogP contribution in [0.25, 0.3) is 11.0 Å². The Hall–Kier alpha value is -2.46. The number of amides is 1. The second-order valence-electron chi connectivity index (χ2n) is 8.86. The fraction of sp³-hybridized carbons (Fsp3) is 0.545. The molecule has 4 N–H and O–H groups in total. The summed E-state index contributed by atoms with van der Waals surface area (Å²) in [5.41, 5.74) is 8.29. The van der Waals surface area contributed by atoms with Crippen molar-refractivity contribution in [3.8, 4) is 0 Å². The minimum atomic E-state index is -0.160. The summed E-state index contributed by atoms with van der Waals surface area (Å²) in [5, 5.41) is 10.8. The molecule has 0 saturated heterocycles. The zero-order valence-electron chi connectivity index (χ0n) is 18.8. The van der Waals surface area contributed by atoms with Gasteiger partial charge in [0.05, 0.1) is 18.3 Å². The molecule has 2 aliphatic rings. The lowest BCUT2D eigenvalue weighted by Gasteiger charge is -2.32. The Kier molecular flexibility index (Phi) is 7.33. The standard InChI is InChI=1S/C22H29ClN8OS/c1-12(2)6-19-30-16-9-26-15(20(25)28-11-24)8-17(16)31(19)14-5-3-4-13(7-14)29-21(32)22-27-10-18(23)33-22/h8-9,11-14,18H,3-7,10H2,1-2H3,(H,29,32)(H3,24,25,28). The highest BCUT2D eigenvalue weighted by Crippen LogP contribution is 2.34. The van der Waals surface area contributed by atoms with Crippen LogP contribution in [-0.2, 0) is 11.2 Å². The van der Waals surface area contributed by atoms with E-state index in [1.54, 1.807) is 6.20 Å². The van der Waals surface area contributed by atoms with E-state index in [1.165, 1.54) is 11.8 Å². The van der Waals surface area contributed by atoms with Gasteiger partial charge in [-0.3, -0.25) is 20.2 Å². The molecule has 3 heterocycles. The number of nitrogens with two attached hydrogens (primary N) is 1. The minimum Gasteiger partial charge on any atom is -0.382 e. The van der Waals surface area contributed by atoms with Crippen LogP contribution in [-0.4, -0.2) is 55.0 Å². The number of halogens is 1. The van der Waals surface area contributed by atoms with Gasteiger partial charge in [0.1, 0.15) is 28.1 Å². The molecule has 0 radical (unpaired) electrons. The number of imidazole rings is 1. The maximum Gasteiger partial charge on any atom is 0.276 e. The molecule has 1 saturated carbocycles. The molecular weight excluding hydrogens is 460 g/mol. The molecule has 11 heteroatoms. The zero-order valence-corrected chi connectivity index (χ0v) is 20.4. The molecule has 3 atom stereocenters. The van der Waals surface area contributed by atoms with Gasteiger partial charge in [-0.1, -0.05) is 25.6 Å². The fourth-order valence-electron chi connectivity index (χ4n) is 4.49. The first-order chi connectivity index (χ1) is 15.9. The van der Waals surface area contributed by atoms with E-state index in [9.17, 15) is 4.79 Å². The van der Waals surface area contributed by atoms with Crippen molar-refractivity contribution in [1.29, 1.82) is 5.41 Å². The molecule has 1 amide bonds. The van der Waals surface area contributed by atoms with Gasteiger partial charge in [0.2, 0.25) is 0 Å². The van der Waals surface area contributed by atoms with E-state index in [1.807, 2.05) is 6.07 Å². The Labute approximate surface area is 202 Å². The Morgan fingerprint density at radius 1 is 1.48 bits per heavy atom. The zero-order chi connectivity index (χ0) is 23.5. The lowest BCUT2D eigenvalue weighted by molar-refractivity contribution is -0.115. The number of hydrogen-bond donors (Lipinski definition) is 3. The molecule has 3 unspecified atom stereocenters. The van der Waals surface area contributed by atoms with Gasteiger partial charge in [0, 0.05) is 18.5 Å². The summed E-state index contributed by atoms with van der Waals surface area (Å²) in [6.07, 6.45) is 7.22. The van der Waals surface area contributed by atoms with E-state index in [4.69, 9.17) is 27.7 Å².